The van der Waals surface area contributed by atoms with Gasteiger partial charge in [-0.1, -0.05) is 13.8 Å². The summed E-state index contributed by atoms with van der Waals surface area (Å²) in [4.78, 5) is 14.5. The molecule has 118 valence electrons. The van der Waals surface area contributed by atoms with Crippen molar-refractivity contribution in [2.24, 2.45) is 11.7 Å². The van der Waals surface area contributed by atoms with Crippen LogP contribution in [0, 0.1) is 5.92 Å². The van der Waals surface area contributed by atoms with Gasteiger partial charge in [0.1, 0.15) is 5.76 Å². The van der Waals surface area contributed by atoms with Crippen LogP contribution in [0.3, 0.4) is 0 Å². The highest BCUT2D eigenvalue weighted by atomic mass is 16.3. The first-order valence-corrected chi connectivity index (χ1v) is 7.88. The molecule has 0 saturated carbocycles. The number of furan rings is 1. The van der Waals surface area contributed by atoms with Gasteiger partial charge in [-0.25, -0.2) is 0 Å². The first kappa shape index (κ1) is 16.0. The Morgan fingerprint density at radius 1 is 1.43 bits per heavy atom. The number of hydrogen-bond donors (Lipinski definition) is 2. The van der Waals surface area contributed by atoms with Gasteiger partial charge in [0, 0.05) is 6.54 Å². The summed E-state index contributed by atoms with van der Waals surface area (Å²) in [6.45, 7) is 6.81. The van der Waals surface area contributed by atoms with E-state index < -0.39 is 6.04 Å². The summed E-state index contributed by atoms with van der Waals surface area (Å²) < 4.78 is 5.54. The van der Waals surface area contributed by atoms with Crippen LogP contribution in [0.5, 0.6) is 0 Å². The molecule has 1 unspecified atom stereocenters. The monoisotopic (exact) mass is 293 g/mol. The molecule has 0 aliphatic carbocycles. The van der Waals surface area contributed by atoms with Gasteiger partial charge < -0.3 is 15.5 Å². The largest absolute Gasteiger partial charge is 0.468 e. The first-order chi connectivity index (χ1) is 10.1. The van der Waals surface area contributed by atoms with Crippen molar-refractivity contribution in [2.45, 2.75) is 45.2 Å². The van der Waals surface area contributed by atoms with Crippen molar-refractivity contribution in [1.82, 2.24) is 10.2 Å². The van der Waals surface area contributed by atoms with Gasteiger partial charge in [0.05, 0.1) is 18.3 Å². The number of nitrogens with one attached hydrogen (secondary N) is 1. The second kappa shape index (κ2) is 7.61. The zero-order chi connectivity index (χ0) is 15.2. The summed E-state index contributed by atoms with van der Waals surface area (Å²) in [6.07, 6.45) is 4.81. The summed E-state index contributed by atoms with van der Waals surface area (Å²) in [6, 6.07) is 3.55. The summed E-state index contributed by atoms with van der Waals surface area (Å²) in [5.74, 6) is 1.26. The molecule has 1 saturated heterocycles. The maximum absolute atomic E-state index is 12.1. The van der Waals surface area contributed by atoms with Crippen LogP contribution >= 0.6 is 0 Å². The van der Waals surface area contributed by atoms with E-state index in [4.69, 9.17) is 10.2 Å². The van der Waals surface area contributed by atoms with Crippen LogP contribution in [0.15, 0.2) is 22.8 Å². The number of rotatable bonds is 7. The Labute approximate surface area is 126 Å². The number of nitrogens with two attached hydrogens (primary N) is 1. The number of hydrogen-bond acceptors (Lipinski definition) is 4. The van der Waals surface area contributed by atoms with Crippen molar-refractivity contribution in [3.8, 4) is 0 Å². The fourth-order valence-corrected chi connectivity index (χ4v) is 2.89. The van der Waals surface area contributed by atoms with Gasteiger partial charge in [-0.15, -0.1) is 0 Å². The molecule has 1 aromatic rings. The third kappa shape index (κ3) is 4.58. The SMILES string of the molecule is CC(C)C[C@H](N)C(=O)NCC(c1ccco1)N1CCCC1. The van der Waals surface area contributed by atoms with Gasteiger partial charge in [0.2, 0.25) is 5.91 Å². The fourth-order valence-electron chi connectivity index (χ4n) is 2.89. The predicted octanol–water partition coefficient (Wildman–Crippen LogP) is 1.91. The van der Waals surface area contributed by atoms with Crippen molar-refractivity contribution in [3.05, 3.63) is 24.2 Å². The molecule has 0 radical (unpaired) electrons. The normalized spacial score (nSPS) is 18.9. The van der Waals surface area contributed by atoms with Gasteiger partial charge in [-0.2, -0.15) is 0 Å². The Balaban J connectivity index is 1.91. The Hall–Kier alpha value is -1.33. The van der Waals surface area contributed by atoms with Crippen LogP contribution in [0.4, 0.5) is 0 Å². The molecule has 1 aromatic heterocycles. The van der Waals surface area contributed by atoms with Gasteiger partial charge in [-0.05, 0) is 50.4 Å². The Morgan fingerprint density at radius 3 is 2.71 bits per heavy atom. The summed E-state index contributed by atoms with van der Waals surface area (Å²) >= 11 is 0. The molecule has 1 aliphatic rings. The van der Waals surface area contributed by atoms with Gasteiger partial charge >= 0.3 is 0 Å². The highest BCUT2D eigenvalue weighted by Gasteiger charge is 2.26. The average Bonchev–Trinajstić information content (AvgIpc) is 3.11. The van der Waals surface area contributed by atoms with Crippen LogP contribution in [0.1, 0.15) is 44.9 Å². The molecule has 2 atom stereocenters. The van der Waals surface area contributed by atoms with Gasteiger partial charge in [-0.3, -0.25) is 9.69 Å². The molecule has 0 bridgehead atoms. The molecule has 21 heavy (non-hydrogen) atoms. The van der Waals surface area contributed by atoms with E-state index in [0.29, 0.717) is 18.9 Å². The Kier molecular flexibility index (Phi) is 5.82. The van der Waals surface area contributed by atoms with E-state index in [-0.39, 0.29) is 11.9 Å². The smallest absolute Gasteiger partial charge is 0.236 e. The van der Waals surface area contributed by atoms with Crippen molar-refractivity contribution in [2.75, 3.05) is 19.6 Å². The molecule has 5 heteroatoms. The molecule has 1 fully saturated rings. The number of carbonyl (C=O) groups excluding carboxylic acids is 1. The zero-order valence-corrected chi connectivity index (χ0v) is 13.0. The molecule has 0 aromatic carbocycles. The van der Waals surface area contributed by atoms with Crippen LogP contribution in [0.25, 0.3) is 0 Å². The van der Waals surface area contributed by atoms with Crippen molar-refractivity contribution in [3.63, 3.8) is 0 Å². The lowest BCUT2D eigenvalue weighted by atomic mass is 10.0. The van der Waals surface area contributed by atoms with Crippen molar-refractivity contribution >= 4 is 5.91 Å². The molecular formula is C16H27N3O2. The van der Waals surface area contributed by atoms with Crippen LogP contribution in [-0.4, -0.2) is 36.5 Å². The quantitative estimate of drug-likeness (QED) is 0.805. The van der Waals surface area contributed by atoms with E-state index in [1.54, 1.807) is 6.26 Å². The van der Waals surface area contributed by atoms with Gasteiger partial charge in [0.25, 0.3) is 0 Å². The second-order valence-electron chi connectivity index (χ2n) is 6.26. The molecule has 3 N–H and O–H groups in total. The number of nitrogens with zero attached hydrogens (tertiary/aromatic N) is 1. The van der Waals surface area contributed by atoms with Gasteiger partial charge in [0.15, 0.2) is 0 Å². The lowest BCUT2D eigenvalue weighted by Gasteiger charge is -2.26. The van der Waals surface area contributed by atoms with E-state index in [0.717, 1.165) is 18.8 Å². The van der Waals surface area contributed by atoms with Crippen LogP contribution < -0.4 is 11.1 Å². The maximum Gasteiger partial charge on any atom is 0.236 e. The standard InChI is InChI=1S/C16H27N3O2/c1-12(2)10-13(17)16(20)18-11-14(15-6-5-9-21-15)19-7-3-4-8-19/h5-6,9,12-14H,3-4,7-8,10-11,17H2,1-2H3,(H,18,20)/t13-,14?/m0/s1. The van der Waals surface area contributed by atoms with Crippen LogP contribution in [0.2, 0.25) is 0 Å². The predicted molar refractivity (Wildman–Crippen MR) is 82.7 cm³/mol. The summed E-state index contributed by atoms with van der Waals surface area (Å²) in [5.41, 5.74) is 5.93. The summed E-state index contributed by atoms with van der Waals surface area (Å²) in [7, 11) is 0. The molecule has 2 rings (SSSR count). The third-order valence-electron chi connectivity index (χ3n) is 3.98. The Bertz CT molecular complexity index is 425. The highest BCUT2D eigenvalue weighted by Crippen LogP contribution is 2.24. The van der Waals surface area contributed by atoms with Crippen LogP contribution in [-0.2, 0) is 4.79 Å². The number of amides is 1. The lowest BCUT2D eigenvalue weighted by molar-refractivity contribution is -0.123. The van der Waals surface area contributed by atoms with E-state index >= 15 is 0 Å². The minimum absolute atomic E-state index is 0.0700. The lowest BCUT2D eigenvalue weighted by Crippen LogP contribution is -2.44. The van der Waals surface area contributed by atoms with E-state index in [1.165, 1.54) is 12.8 Å². The first-order valence-electron chi connectivity index (χ1n) is 7.88. The fraction of sp³-hybridized carbons (Fsp3) is 0.688. The number of likely N-dealkylation sites (tertiary alicyclic amines) is 1. The van der Waals surface area contributed by atoms with E-state index in [1.807, 2.05) is 12.1 Å². The maximum atomic E-state index is 12.1. The number of carbonyl (C=O) groups is 1. The molecule has 1 aliphatic heterocycles. The summed E-state index contributed by atoms with van der Waals surface area (Å²) in [5, 5.41) is 2.99. The van der Waals surface area contributed by atoms with E-state index in [9.17, 15) is 4.79 Å². The minimum Gasteiger partial charge on any atom is -0.468 e. The molecule has 0 spiro atoms. The molecule has 1 amide bonds. The molecule has 2 heterocycles. The third-order valence-corrected chi connectivity index (χ3v) is 3.98. The second-order valence-corrected chi connectivity index (χ2v) is 6.26. The van der Waals surface area contributed by atoms with Crippen molar-refractivity contribution < 1.29 is 9.21 Å². The average molecular weight is 293 g/mol. The van der Waals surface area contributed by atoms with Crippen molar-refractivity contribution in [1.29, 1.82) is 0 Å². The van der Waals surface area contributed by atoms with E-state index in [2.05, 4.69) is 24.1 Å². The highest BCUT2D eigenvalue weighted by molar-refractivity contribution is 5.81. The zero-order valence-electron chi connectivity index (χ0n) is 13.0. The Morgan fingerprint density at radius 2 is 2.14 bits per heavy atom. The molecule has 5 nitrogen and oxygen atoms in total. The topological polar surface area (TPSA) is 71.5 Å². The minimum atomic E-state index is -0.430. The molecular weight excluding hydrogens is 266 g/mol.